The van der Waals surface area contributed by atoms with Crippen molar-refractivity contribution in [1.82, 2.24) is 0 Å². The molecule has 0 saturated carbocycles. The molecule has 96 valence electrons. The molecule has 2 aromatic carbocycles. The fourth-order valence-corrected chi connectivity index (χ4v) is 2.32. The maximum absolute atomic E-state index is 12.0. The highest BCUT2D eigenvalue weighted by Crippen LogP contribution is 2.29. The summed E-state index contributed by atoms with van der Waals surface area (Å²) in [5, 5.41) is 2.78. The smallest absolute Gasteiger partial charge is 0.344 e. The molecule has 3 nitrogen and oxygen atoms in total. The number of hydrogen-bond donors (Lipinski definition) is 0. The number of aryl methyl sites for hydroxylation is 1. The monoisotopic (exact) mass is 274 g/mol. The Morgan fingerprint density at radius 3 is 2.63 bits per heavy atom. The van der Waals surface area contributed by atoms with E-state index in [4.69, 9.17) is 20.8 Å². The largest absolute Gasteiger partial charge is 0.497 e. The van der Waals surface area contributed by atoms with Crippen LogP contribution in [0.1, 0.15) is 5.56 Å². The van der Waals surface area contributed by atoms with Gasteiger partial charge >= 0.3 is 5.63 Å². The second-order valence-electron chi connectivity index (χ2n) is 4.40. The summed E-state index contributed by atoms with van der Waals surface area (Å²) in [6, 6.07) is 8.94. The van der Waals surface area contributed by atoms with Crippen LogP contribution in [0.3, 0.4) is 0 Å². The maximum Gasteiger partial charge on any atom is 0.344 e. The number of hydrogen-bond acceptors (Lipinski definition) is 3. The van der Waals surface area contributed by atoms with Crippen molar-refractivity contribution in [3.63, 3.8) is 0 Å². The van der Waals surface area contributed by atoms with Crippen molar-refractivity contribution in [3.8, 4) is 5.75 Å². The second-order valence-corrected chi connectivity index (χ2v) is 4.81. The molecule has 0 radical (unpaired) electrons. The van der Waals surface area contributed by atoms with E-state index in [-0.39, 0.29) is 5.63 Å². The fourth-order valence-electron chi connectivity index (χ4n) is 2.16. The van der Waals surface area contributed by atoms with Gasteiger partial charge in [0.1, 0.15) is 11.3 Å². The molecule has 1 heterocycles. The summed E-state index contributed by atoms with van der Waals surface area (Å²) >= 11 is 6.14. The lowest BCUT2D eigenvalue weighted by Gasteiger charge is -2.06. The Hall–Kier alpha value is -2.00. The molecular formula is C15H11ClO3. The topological polar surface area (TPSA) is 39.4 Å². The molecule has 0 N–H and O–H groups in total. The predicted octanol–water partition coefficient (Wildman–Crippen LogP) is 3.92. The van der Waals surface area contributed by atoms with Crippen molar-refractivity contribution in [1.29, 1.82) is 0 Å². The van der Waals surface area contributed by atoms with E-state index in [9.17, 15) is 4.79 Å². The van der Waals surface area contributed by atoms with E-state index in [0.29, 0.717) is 21.7 Å². The van der Waals surface area contributed by atoms with Gasteiger partial charge in [-0.05, 0) is 42.8 Å². The quantitative estimate of drug-likeness (QED) is 0.499. The molecule has 4 heteroatoms. The van der Waals surface area contributed by atoms with E-state index in [0.717, 1.165) is 16.3 Å². The van der Waals surface area contributed by atoms with E-state index >= 15 is 0 Å². The van der Waals surface area contributed by atoms with Crippen LogP contribution in [0.5, 0.6) is 5.75 Å². The maximum atomic E-state index is 12.0. The Morgan fingerprint density at radius 1 is 1.11 bits per heavy atom. The SMILES string of the molecule is COc1ccc2c(c1)c(=O)oc1cc(C)c(Cl)cc12. The van der Waals surface area contributed by atoms with Gasteiger partial charge in [0, 0.05) is 15.8 Å². The number of benzene rings is 2. The minimum Gasteiger partial charge on any atom is -0.497 e. The standard InChI is InChI=1S/C15H11ClO3/c1-8-5-14-11(7-13(8)16)10-4-3-9(18-2)6-12(10)15(17)19-14/h3-7H,1-2H3. The summed E-state index contributed by atoms with van der Waals surface area (Å²) in [6.45, 7) is 1.87. The normalized spacial score (nSPS) is 11.1. The Morgan fingerprint density at radius 2 is 1.89 bits per heavy atom. The Kier molecular flexibility index (Phi) is 2.72. The van der Waals surface area contributed by atoms with E-state index in [1.165, 1.54) is 0 Å². The number of fused-ring (bicyclic) bond motifs is 3. The summed E-state index contributed by atoms with van der Waals surface area (Å²) in [5.74, 6) is 0.623. The number of methoxy groups -OCH3 is 1. The summed E-state index contributed by atoms with van der Waals surface area (Å²) in [6.07, 6.45) is 0. The van der Waals surface area contributed by atoms with Gasteiger partial charge in [0.15, 0.2) is 0 Å². The minimum atomic E-state index is -0.372. The molecule has 0 atom stereocenters. The number of rotatable bonds is 1. The van der Waals surface area contributed by atoms with Crippen molar-refractivity contribution in [2.45, 2.75) is 6.92 Å². The first-order chi connectivity index (χ1) is 9.10. The highest BCUT2D eigenvalue weighted by atomic mass is 35.5. The van der Waals surface area contributed by atoms with Gasteiger partial charge in [0.2, 0.25) is 0 Å². The van der Waals surface area contributed by atoms with Crippen LogP contribution in [0.25, 0.3) is 21.7 Å². The zero-order chi connectivity index (χ0) is 13.6. The Balaban J connectivity index is 2.52. The van der Waals surface area contributed by atoms with Gasteiger partial charge in [-0.15, -0.1) is 0 Å². The molecule has 3 aromatic rings. The van der Waals surface area contributed by atoms with Crippen LogP contribution in [-0.4, -0.2) is 7.11 Å². The third-order valence-corrected chi connectivity index (χ3v) is 3.61. The number of ether oxygens (including phenoxy) is 1. The first-order valence-electron chi connectivity index (χ1n) is 5.81. The molecule has 0 spiro atoms. The molecule has 0 unspecified atom stereocenters. The third kappa shape index (κ3) is 1.87. The van der Waals surface area contributed by atoms with Crippen LogP contribution < -0.4 is 10.4 Å². The van der Waals surface area contributed by atoms with Gasteiger partial charge in [0.05, 0.1) is 12.5 Å². The summed E-state index contributed by atoms with van der Waals surface area (Å²) in [5.41, 5.74) is 1.05. The molecule has 3 rings (SSSR count). The van der Waals surface area contributed by atoms with Crippen molar-refractivity contribution >= 4 is 33.3 Å². The molecule has 0 fully saturated rings. The summed E-state index contributed by atoms with van der Waals surface area (Å²) in [4.78, 5) is 12.0. The fraction of sp³-hybridized carbons (Fsp3) is 0.133. The predicted molar refractivity (Wildman–Crippen MR) is 76.3 cm³/mol. The van der Waals surface area contributed by atoms with Crippen LogP contribution in [0, 0.1) is 6.92 Å². The zero-order valence-corrected chi connectivity index (χ0v) is 11.2. The van der Waals surface area contributed by atoms with E-state index in [2.05, 4.69) is 0 Å². The first-order valence-corrected chi connectivity index (χ1v) is 6.18. The third-order valence-electron chi connectivity index (χ3n) is 3.20. The molecule has 0 aliphatic carbocycles. The molecule has 0 amide bonds. The van der Waals surface area contributed by atoms with Gasteiger partial charge in [-0.3, -0.25) is 0 Å². The molecule has 0 bridgehead atoms. The van der Waals surface area contributed by atoms with Gasteiger partial charge in [-0.25, -0.2) is 4.79 Å². The molecule has 19 heavy (non-hydrogen) atoms. The first kappa shape index (κ1) is 12.1. The molecule has 0 aliphatic rings. The van der Waals surface area contributed by atoms with Crippen LogP contribution in [0.2, 0.25) is 5.02 Å². The Bertz CT molecular complexity index is 849. The minimum absolute atomic E-state index is 0.372. The van der Waals surface area contributed by atoms with Crippen LogP contribution >= 0.6 is 11.6 Å². The summed E-state index contributed by atoms with van der Waals surface area (Å²) < 4.78 is 10.5. The van der Waals surface area contributed by atoms with Crippen molar-refractivity contribution in [3.05, 3.63) is 51.3 Å². The summed E-state index contributed by atoms with van der Waals surface area (Å²) in [7, 11) is 1.56. The lowest BCUT2D eigenvalue weighted by Crippen LogP contribution is -2.00. The highest BCUT2D eigenvalue weighted by Gasteiger charge is 2.10. The average molecular weight is 275 g/mol. The van der Waals surface area contributed by atoms with Gasteiger partial charge in [-0.2, -0.15) is 0 Å². The lowest BCUT2D eigenvalue weighted by molar-refractivity contribution is 0.415. The van der Waals surface area contributed by atoms with Gasteiger partial charge in [-0.1, -0.05) is 11.6 Å². The van der Waals surface area contributed by atoms with Crippen molar-refractivity contribution in [2.24, 2.45) is 0 Å². The van der Waals surface area contributed by atoms with E-state index in [1.807, 2.05) is 25.1 Å². The zero-order valence-electron chi connectivity index (χ0n) is 10.5. The molecule has 0 saturated heterocycles. The van der Waals surface area contributed by atoms with Crippen LogP contribution in [0.15, 0.2) is 39.5 Å². The average Bonchev–Trinajstić information content (AvgIpc) is 2.41. The van der Waals surface area contributed by atoms with E-state index in [1.54, 1.807) is 19.2 Å². The number of halogens is 1. The van der Waals surface area contributed by atoms with Gasteiger partial charge < -0.3 is 9.15 Å². The van der Waals surface area contributed by atoms with Crippen molar-refractivity contribution in [2.75, 3.05) is 7.11 Å². The van der Waals surface area contributed by atoms with Crippen molar-refractivity contribution < 1.29 is 9.15 Å². The van der Waals surface area contributed by atoms with Gasteiger partial charge in [0.25, 0.3) is 0 Å². The molecular weight excluding hydrogens is 264 g/mol. The molecule has 0 aliphatic heterocycles. The molecule has 1 aromatic heterocycles. The van der Waals surface area contributed by atoms with E-state index < -0.39 is 0 Å². The Labute approximate surface area is 114 Å². The highest BCUT2D eigenvalue weighted by molar-refractivity contribution is 6.32. The van der Waals surface area contributed by atoms with Crippen LogP contribution in [-0.2, 0) is 0 Å². The lowest BCUT2D eigenvalue weighted by atomic mass is 10.1. The van der Waals surface area contributed by atoms with Crippen LogP contribution in [0.4, 0.5) is 0 Å². The second kappa shape index (κ2) is 4.28.